The fourth-order valence-electron chi connectivity index (χ4n) is 3.32. The third-order valence-electron chi connectivity index (χ3n) is 4.49. The van der Waals surface area contributed by atoms with Gasteiger partial charge in [0.1, 0.15) is 0 Å². The molecule has 8 heteroatoms. The molecule has 0 spiro atoms. The van der Waals surface area contributed by atoms with Crippen molar-refractivity contribution in [1.29, 1.82) is 0 Å². The monoisotopic (exact) mass is 369 g/mol. The first-order chi connectivity index (χ1) is 12.7. The average Bonchev–Trinajstić information content (AvgIpc) is 2.81. The summed E-state index contributed by atoms with van der Waals surface area (Å²) in [7, 11) is 0. The molecule has 2 aliphatic rings. The highest BCUT2D eigenvalue weighted by Crippen LogP contribution is 2.40. The Bertz CT molecular complexity index is 1050. The van der Waals surface area contributed by atoms with Crippen molar-refractivity contribution in [3.8, 4) is 11.5 Å². The van der Waals surface area contributed by atoms with Crippen molar-refractivity contribution in [3.05, 3.63) is 47.0 Å². The summed E-state index contributed by atoms with van der Waals surface area (Å²) < 4.78 is 13.6. The maximum Gasteiger partial charge on any atom is 0.212 e. The van der Waals surface area contributed by atoms with Gasteiger partial charge in [-0.3, -0.25) is 9.88 Å². The molecule has 0 saturated carbocycles. The molecule has 3 heterocycles. The first-order valence-electron chi connectivity index (χ1n) is 8.37. The van der Waals surface area contributed by atoms with Crippen molar-refractivity contribution in [2.24, 2.45) is 10.7 Å². The lowest BCUT2D eigenvalue weighted by atomic mass is 10.1. The van der Waals surface area contributed by atoms with Crippen LogP contribution >= 0.6 is 11.6 Å². The van der Waals surface area contributed by atoms with E-state index in [1.807, 2.05) is 41.0 Å². The van der Waals surface area contributed by atoms with Gasteiger partial charge in [-0.2, -0.15) is 0 Å². The molecule has 26 heavy (non-hydrogen) atoms. The predicted octanol–water partition coefficient (Wildman–Crippen LogP) is 3.14. The second kappa shape index (κ2) is 5.81. The number of rotatable bonds is 1. The van der Waals surface area contributed by atoms with Crippen molar-refractivity contribution in [3.63, 3.8) is 0 Å². The molecule has 3 aromatic rings. The number of ether oxygens (including phenoxy) is 2. The van der Waals surface area contributed by atoms with Gasteiger partial charge >= 0.3 is 0 Å². The number of aliphatic imine (C=N–C) groups is 1. The third kappa shape index (κ3) is 2.35. The maximum absolute atomic E-state index is 6.42. The highest BCUT2D eigenvalue weighted by molar-refractivity contribution is 6.31. The van der Waals surface area contributed by atoms with Crippen LogP contribution in [0.15, 0.2) is 41.4 Å². The summed E-state index contributed by atoms with van der Waals surface area (Å²) >= 11 is 6.42. The van der Waals surface area contributed by atoms with Gasteiger partial charge in [0, 0.05) is 29.1 Å². The molecule has 1 aromatic heterocycles. The van der Waals surface area contributed by atoms with Crippen LogP contribution in [0.5, 0.6) is 11.5 Å². The Hall–Kier alpha value is -2.93. The molecule has 1 unspecified atom stereocenters. The second-order valence-electron chi connectivity index (χ2n) is 6.18. The van der Waals surface area contributed by atoms with E-state index in [4.69, 9.17) is 26.8 Å². The van der Waals surface area contributed by atoms with Gasteiger partial charge in [0.15, 0.2) is 23.6 Å². The molecule has 0 saturated heterocycles. The van der Waals surface area contributed by atoms with Gasteiger partial charge in [-0.25, -0.2) is 9.98 Å². The molecule has 3 N–H and O–H groups in total. The van der Waals surface area contributed by atoms with Gasteiger partial charge in [0.2, 0.25) is 5.95 Å². The normalized spacial score (nSPS) is 18.7. The van der Waals surface area contributed by atoms with E-state index < -0.39 is 6.17 Å². The molecule has 132 valence electrons. The Balaban J connectivity index is 1.74. The SMILES string of the molecule is NC1=NC(c2ccccc2Cl)n2c(nc3cc4c(cc32)OCCCO4)N1. The van der Waals surface area contributed by atoms with Gasteiger partial charge in [-0.15, -0.1) is 0 Å². The summed E-state index contributed by atoms with van der Waals surface area (Å²) in [5, 5.41) is 3.65. The van der Waals surface area contributed by atoms with Crippen LogP contribution in [0.25, 0.3) is 11.0 Å². The molecule has 0 amide bonds. The van der Waals surface area contributed by atoms with Gasteiger partial charge < -0.3 is 15.2 Å². The number of guanidine groups is 1. The predicted molar refractivity (Wildman–Crippen MR) is 100 cm³/mol. The number of anilines is 1. The van der Waals surface area contributed by atoms with E-state index in [0.29, 0.717) is 41.6 Å². The molecular formula is C18H16ClN5O2. The number of hydrogen-bond acceptors (Lipinski definition) is 6. The van der Waals surface area contributed by atoms with Crippen LogP contribution in [0.3, 0.4) is 0 Å². The fraction of sp³-hybridized carbons (Fsp3) is 0.222. The second-order valence-corrected chi connectivity index (χ2v) is 6.59. The zero-order chi connectivity index (χ0) is 17.7. The van der Waals surface area contributed by atoms with E-state index in [1.165, 1.54) is 0 Å². The Morgan fingerprint density at radius 1 is 1.15 bits per heavy atom. The van der Waals surface area contributed by atoms with Crippen molar-refractivity contribution in [2.75, 3.05) is 18.5 Å². The smallest absolute Gasteiger partial charge is 0.212 e. The summed E-state index contributed by atoms with van der Waals surface area (Å²) in [6.07, 6.45) is 0.442. The lowest BCUT2D eigenvalue weighted by Gasteiger charge is -2.24. The van der Waals surface area contributed by atoms with Crippen molar-refractivity contribution in [2.45, 2.75) is 12.6 Å². The van der Waals surface area contributed by atoms with Crippen LogP contribution in [0.2, 0.25) is 5.02 Å². The zero-order valence-electron chi connectivity index (χ0n) is 13.8. The fourth-order valence-corrected chi connectivity index (χ4v) is 3.55. The van der Waals surface area contributed by atoms with Crippen molar-refractivity contribution in [1.82, 2.24) is 9.55 Å². The molecule has 2 aliphatic heterocycles. The van der Waals surface area contributed by atoms with E-state index in [9.17, 15) is 0 Å². The van der Waals surface area contributed by atoms with Gasteiger partial charge in [-0.1, -0.05) is 29.8 Å². The Morgan fingerprint density at radius 3 is 2.73 bits per heavy atom. The first-order valence-corrected chi connectivity index (χ1v) is 8.75. The summed E-state index contributed by atoms with van der Waals surface area (Å²) in [5.41, 5.74) is 8.49. The van der Waals surface area contributed by atoms with E-state index in [1.54, 1.807) is 0 Å². The lowest BCUT2D eigenvalue weighted by Crippen LogP contribution is -2.31. The minimum Gasteiger partial charge on any atom is -0.489 e. The first kappa shape index (κ1) is 15.3. The summed E-state index contributed by atoms with van der Waals surface area (Å²) in [5.74, 6) is 2.32. The Morgan fingerprint density at radius 2 is 1.92 bits per heavy atom. The standard InChI is InChI=1S/C18H16ClN5O2/c19-11-5-2-1-4-10(11)16-22-17(20)23-18-21-12-8-14-15(9-13(12)24(16)18)26-7-3-6-25-14/h1-2,4-5,8-9,16H,3,6-7H2,(H3,20,21,22,23). The summed E-state index contributed by atoms with van der Waals surface area (Å²) in [6, 6.07) is 11.4. The zero-order valence-corrected chi connectivity index (χ0v) is 14.5. The van der Waals surface area contributed by atoms with Crippen LogP contribution in [-0.2, 0) is 0 Å². The number of aromatic nitrogens is 2. The molecule has 2 aromatic carbocycles. The highest BCUT2D eigenvalue weighted by atomic mass is 35.5. The lowest BCUT2D eigenvalue weighted by molar-refractivity contribution is 0.297. The van der Waals surface area contributed by atoms with E-state index in [2.05, 4.69) is 15.3 Å². The van der Waals surface area contributed by atoms with E-state index in [0.717, 1.165) is 23.0 Å². The number of benzene rings is 2. The number of hydrogen-bond donors (Lipinski definition) is 2. The van der Waals surface area contributed by atoms with Gasteiger partial charge in [0.05, 0.1) is 24.2 Å². The molecule has 0 aliphatic carbocycles. The Labute approximate surface area is 154 Å². The van der Waals surface area contributed by atoms with Crippen LogP contribution in [0.4, 0.5) is 5.95 Å². The molecule has 0 bridgehead atoms. The molecule has 1 atom stereocenters. The summed E-state index contributed by atoms with van der Waals surface area (Å²) in [4.78, 5) is 9.22. The minimum absolute atomic E-state index is 0.298. The van der Waals surface area contributed by atoms with Gasteiger partial charge in [0.25, 0.3) is 0 Å². The average molecular weight is 370 g/mol. The van der Waals surface area contributed by atoms with Crippen molar-refractivity contribution >= 4 is 34.5 Å². The topological polar surface area (TPSA) is 86.7 Å². The third-order valence-corrected chi connectivity index (χ3v) is 4.83. The summed E-state index contributed by atoms with van der Waals surface area (Å²) in [6.45, 7) is 1.25. The number of nitrogens with two attached hydrogens (primary N) is 1. The number of halogens is 1. The molecule has 0 radical (unpaired) electrons. The minimum atomic E-state index is -0.408. The molecule has 5 rings (SSSR count). The van der Waals surface area contributed by atoms with E-state index in [-0.39, 0.29) is 0 Å². The van der Waals surface area contributed by atoms with Crippen LogP contribution in [0, 0.1) is 0 Å². The van der Waals surface area contributed by atoms with Crippen molar-refractivity contribution < 1.29 is 9.47 Å². The molecule has 0 fully saturated rings. The quantitative estimate of drug-likeness (QED) is 0.688. The number of nitrogens with one attached hydrogen (secondary N) is 1. The molecular weight excluding hydrogens is 354 g/mol. The van der Waals surface area contributed by atoms with Crippen LogP contribution in [0.1, 0.15) is 18.2 Å². The number of fused-ring (bicyclic) bond motifs is 4. The Kier molecular flexibility index (Phi) is 3.43. The maximum atomic E-state index is 6.42. The highest BCUT2D eigenvalue weighted by Gasteiger charge is 2.28. The number of imidazole rings is 1. The molecule has 7 nitrogen and oxygen atoms in total. The largest absolute Gasteiger partial charge is 0.489 e. The van der Waals surface area contributed by atoms with Gasteiger partial charge in [-0.05, 0) is 6.07 Å². The van der Waals surface area contributed by atoms with Crippen LogP contribution < -0.4 is 20.5 Å². The van der Waals surface area contributed by atoms with E-state index >= 15 is 0 Å². The van der Waals surface area contributed by atoms with Crippen LogP contribution in [-0.4, -0.2) is 28.7 Å². The number of nitrogens with zero attached hydrogens (tertiary/aromatic N) is 3.